The number of thiazole rings is 1. The first-order valence-corrected chi connectivity index (χ1v) is 12.2. The largest absolute Gasteiger partial charge is 0.496 e. The highest BCUT2D eigenvalue weighted by Crippen LogP contribution is 2.44. The summed E-state index contributed by atoms with van der Waals surface area (Å²) in [6, 6.07) is 13.0. The Morgan fingerprint density at radius 2 is 1.94 bits per heavy atom. The van der Waals surface area contributed by atoms with E-state index in [0.717, 1.165) is 44.9 Å². The number of benzene rings is 2. The molecule has 1 unspecified atom stereocenters. The molecule has 32 heavy (non-hydrogen) atoms. The topological polar surface area (TPSA) is 25.4 Å². The first-order chi connectivity index (χ1) is 15.4. The second kappa shape index (κ2) is 9.57. The Bertz CT molecular complexity index is 1140. The van der Waals surface area contributed by atoms with Gasteiger partial charge in [0.15, 0.2) is 5.13 Å². The highest BCUT2D eigenvalue weighted by Gasteiger charge is 2.31. The highest BCUT2D eigenvalue weighted by atomic mass is 35.5. The smallest absolute Gasteiger partial charge is 0.187 e. The molecule has 3 aromatic rings. The summed E-state index contributed by atoms with van der Waals surface area (Å²) in [7, 11) is 1.66. The van der Waals surface area contributed by atoms with Crippen molar-refractivity contribution in [2.75, 3.05) is 18.6 Å². The Kier molecular flexibility index (Phi) is 6.79. The predicted molar refractivity (Wildman–Crippen MR) is 136 cm³/mol. The van der Waals surface area contributed by atoms with Crippen molar-refractivity contribution in [2.24, 2.45) is 5.92 Å². The number of methoxy groups -OCH3 is 1. The maximum atomic E-state index is 6.63. The summed E-state index contributed by atoms with van der Waals surface area (Å²) in [5.41, 5.74) is 5.44. The number of hydrogen-bond acceptors (Lipinski definition) is 4. The van der Waals surface area contributed by atoms with Crippen LogP contribution in [0.15, 0.2) is 36.4 Å². The van der Waals surface area contributed by atoms with E-state index in [-0.39, 0.29) is 6.04 Å². The van der Waals surface area contributed by atoms with Crippen LogP contribution in [0.2, 0.25) is 5.02 Å². The van der Waals surface area contributed by atoms with Crippen molar-refractivity contribution in [3.05, 3.63) is 63.0 Å². The first-order valence-electron chi connectivity index (χ1n) is 11.0. The fourth-order valence-electron chi connectivity index (χ4n) is 4.13. The van der Waals surface area contributed by atoms with E-state index in [1.54, 1.807) is 18.4 Å². The summed E-state index contributed by atoms with van der Waals surface area (Å²) >= 11 is 8.31. The minimum atomic E-state index is 0.214. The number of rotatable bonds is 8. The first kappa shape index (κ1) is 22.7. The van der Waals surface area contributed by atoms with E-state index in [2.05, 4.69) is 55.0 Å². The second-order valence-electron chi connectivity index (χ2n) is 8.64. The van der Waals surface area contributed by atoms with E-state index < -0.39 is 0 Å². The SMILES string of the molecule is C#CCN(c1nc(-c2cc(C)c(OC)cc2Cl)c(C)s1)C(CC1CC1)c1ccc(C)cc1. The molecule has 0 aliphatic heterocycles. The van der Waals surface area contributed by atoms with Gasteiger partial charge in [-0.25, -0.2) is 4.98 Å². The molecule has 1 aliphatic rings. The van der Waals surface area contributed by atoms with E-state index in [4.69, 9.17) is 27.7 Å². The van der Waals surface area contributed by atoms with Gasteiger partial charge in [-0.2, -0.15) is 0 Å². The van der Waals surface area contributed by atoms with Crippen molar-refractivity contribution >= 4 is 28.1 Å². The zero-order valence-corrected chi connectivity index (χ0v) is 20.7. The molecular formula is C27H29ClN2OS. The Hall–Kier alpha value is -2.48. The Labute approximate surface area is 200 Å². The zero-order chi connectivity index (χ0) is 22.8. The van der Waals surface area contributed by atoms with Gasteiger partial charge < -0.3 is 9.64 Å². The second-order valence-corrected chi connectivity index (χ2v) is 10.2. The molecule has 0 bridgehead atoms. The summed E-state index contributed by atoms with van der Waals surface area (Å²) in [6.45, 7) is 6.76. The van der Waals surface area contributed by atoms with Crippen molar-refractivity contribution in [2.45, 2.75) is 46.1 Å². The van der Waals surface area contributed by atoms with Crippen LogP contribution in [-0.4, -0.2) is 18.6 Å². The Morgan fingerprint density at radius 1 is 1.22 bits per heavy atom. The Balaban J connectivity index is 1.75. The van der Waals surface area contributed by atoms with Crippen LogP contribution in [0.25, 0.3) is 11.3 Å². The number of nitrogens with zero attached hydrogens (tertiary/aromatic N) is 2. The molecule has 1 aromatic heterocycles. The van der Waals surface area contributed by atoms with Gasteiger partial charge in [0.05, 0.1) is 30.4 Å². The molecule has 5 heteroatoms. The summed E-state index contributed by atoms with van der Waals surface area (Å²) < 4.78 is 5.42. The minimum absolute atomic E-state index is 0.214. The molecule has 0 amide bonds. The van der Waals surface area contributed by atoms with Gasteiger partial charge in [0, 0.05) is 10.4 Å². The molecule has 1 saturated carbocycles. The maximum Gasteiger partial charge on any atom is 0.187 e. The molecule has 0 saturated heterocycles. The lowest BCUT2D eigenvalue weighted by Gasteiger charge is -2.31. The number of aromatic nitrogens is 1. The third-order valence-corrected chi connectivity index (χ3v) is 7.44. The lowest BCUT2D eigenvalue weighted by atomic mass is 9.98. The van der Waals surface area contributed by atoms with Gasteiger partial charge in [-0.05, 0) is 56.4 Å². The van der Waals surface area contributed by atoms with Gasteiger partial charge >= 0.3 is 0 Å². The summed E-state index contributed by atoms with van der Waals surface area (Å²) in [5.74, 6) is 4.42. The number of hydrogen-bond donors (Lipinski definition) is 0. The van der Waals surface area contributed by atoms with Gasteiger partial charge in [-0.15, -0.1) is 17.8 Å². The average molecular weight is 465 g/mol. The lowest BCUT2D eigenvalue weighted by Crippen LogP contribution is -2.29. The normalized spacial score (nSPS) is 14.1. The highest BCUT2D eigenvalue weighted by molar-refractivity contribution is 7.16. The van der Waals surface area contributed by atoms with Crippen LogP contribution in [0.3, 0.4) is 0 Å². The monoisotopic (exact) mass is 464 g/mol. The van der Waals surface area contributed by atoms with Crippen molar-refractivity contribution in [3.63, 3.8) is 0 Å². The number of aryl methyl sites for hydroxylation is 3. The van der Waals surface area contributed by atoms with Gasteiger partial charge in [0.2, 0.25) is 0 Å². The van der Waals surface area contributed by atoms with Gasteiger partial charge in [0.25, 0.3) is 0 Å². The Morgan fingerprint density at radius 3 is 2.56 bits per heavy atom. The van der Waals surface area contributed by atoms with E-state index in [0.29, 0.717) is 11.6 Å². The fourth-order valence-corrected chi connectivity index (χ4v) is 5.35. The molecule has 0 N–H and O–H groups in total. The average Bonchev–Trinajstić information content (AvgIpc) is 3.52. The van der Waals surface area contributed by atoms with E-state index in [9.17, 15) is 0 Å². The third-order valence-electron chi connectivity index (χ3n) is 6.12. The van der Waals surface area contributed by atoms with E-state index in [1.807, 2.05) is 13.0 Å². The van der Waals surface area contributed by atoms with Crippen LogP contribution >= 0.6 is 22.9 Å². The molecule has 1 atom stereocenters. The molecule has 166 valence electrons. The molecule has 0 radical (unpaired) electrons. The van der Waals surface area contributed by atoms with Gasteiger partial charge in [-0.3, -0.25) is 0 Å². The van der Waals surface area contributed by atoms with Crippen LogP contribution in [-0.2, 0) is 0 Å². The molecule has 2 aromatic carbocycles. The van der Waals surface area contributed by atoms with Gasteiger partial charge in [0.1, 0.15) is 5.75 Å². The standard InChI is InChI=1S/C27H29ClN2OS/c1-6-13-30(24(15-20-9-10-20)21-11-7-17(2)8-12-21)27-29-26(19(4)32-27)22-14-18(3)25(31-5)16-23(22)28/h1,7-8,11-12,14,16,20,24H,9-10,13,15H2,2-5H3. The molecule has 4 rings (SSSR count). The lowest BCUT2D eigenvalue weighted by molar-refractivity contribution is 0.412. The quantitative estimate of drug-likeness (QED) is 0.325. The van der Waals surface area contributed by atoms with Crippen LogP contribution in [0, 0.1) is 39.0 Å². The van der Waals surface area contributed by atoms with Gasteiger partial charge in [-0.1, -0.05) is 60.2 Å². The fraction of sp³-hybridized carbons (Fsp3) is 0.370. The number of terminal acetylenes is 1. The van der Waals surface area contributed by atoms with Crippen LogP contribution in [0.4, 0.5) is 5.13 Å². The number of halogens is 1. The molecular weight excluding hydrogens is 436 g/mol. The predicted octanol–water partition coefficient (Wildman–Crippen LogP) is 7.38. The molecule has 0 spiro atoms. The minimum Gasteiger partial charge on any atom is -0.496 e. The molecule has 1 aliphatic carbocycles. The van der Waals surface area contributed by atoms with E-state index >= 15 is 0 Å². The third kappa shape index (κ3) is 4.80. The van der Waals surface area contributed by atoms with Crippen molar-refractivity contribution in [1.82, 2.24) is 4.98 Å². The van der Waals surface area contributed by atoms with E-state index in [1.165, 1.54) is 24.0 Å². The summed E-state index contributed by atoms with van der Waals surface area (Å²) in [4.78, 5) is 8.50. The zero-order valence-electron chi connectivity index (χ0n) is 19.1. The number of anilines is 1. The molecule has 1 heterocycles. The van der Waals surface area contributed by atoms with Crippen molar-refractivity contribution in [3.8, 4) is 29.4 Å². The van der Waals surface area contributed by atoms with Crippen LogP contribution < -0.4 is 9.64 Å². The van der Waals surface area contributed by atoms with Crippen LogP contribution in [0.5, 0.6) is 5.75 Å². The summed E-state index contributed by atoms with van der Waals surface area (Å²) in [5, 5.41) is 1.59. The van der Waals surface area contributed by atoms with Crippen molar-refractivity contribution in [1.29, 1.82) is 0 Å². The van der Waals surface area contributed by atoms with Crippen molar-refractivity contribution < 1.29 is 4.74 Å². The van der Waals surface area contributed by atoms with Crippen LogP contribution in [0.1, 0.15) is 46.9 Å². The molecule has 3 nitrogen and oxygen atoms in total. The summed E-state index contributed by atoms with van der Waals surface area (Å²) in [6.07, 6.45) is 9.54. The number of ether oxygens (including phenoxy) is 1. The molecule has 1 fully saturated rings. The maximum absolute atomic E-state index is 6.63.